The number of sulfonamides is 1. The minimum atomic E-state index is -3.38. The van der Waals surface area contributed by atoms with E-state index in [1.165, 1.54) is 11.2 Å². The van der Waals surface area contributed by atoms with E-state index in [1.807, 2.05) is 0 Å². The molecule has 10 heteroatoms. The van der Waals surface area contributed by atoms with Gasteiger partial charge in [0.15, 0.2) is 0 Å². The second-order valence-electron chi connectivity index (χ2n) is 6.30. The van der Waals surface area contributed by atoms with Crippen LogP contribution in [0.5, 0.6) is 0 Å². The van der Waals surface area contributed by atoms with Crippen molar-refractivity contribution < 1.29 is 31.9 Å². The summed E-state index contributed by atoms with van der Waals surface area (Å²) < 4.78 is 51.9. The molecule has 2 rings (SSSR count). The number of amides is 1. The summed E-state index contributed by atoms with van der Waals surface area (Å²) in [5.41, 5.74) is -0.340. The topological polar surface area (TPSA) is 95.0 Å². The second kappa shape index (κ2) is 7.67. The van der Waals surface area contributed by atoms with Gasteiger partial charge in [-0.3, -0.25) is 9.59 Å². The molecule has 0 aromatic heterocycles. The van der Waals surface area contributed by atoms with E-state index in [2.05, 4.69) is 0 Å². The van der Waals surface area contributed by atoms with Crippen LogP contribution < -0.4 is 0 Å². The summed E-state index contributed by atoms with van der Waals surface area (Å²) >= 11 is 0. The smallest absolute Gasteiger partial charge is 0.323 e. The predicted molar refractivity (Wildman–Crippen MR) is 89.2 cm³/mol. The third-order valence-corrected chi connectivity index (χ3v) is 5.68. The third kappa shape index (κ3) is 4.55. The Morgan fingerprint density at radius 1 is 1.23 bits per heavy atom. The molecule has 0 bridgehead atoms. The normalized spacial score (nSPS) is 16.5. The number of benzene rings is 1. The fraction of sp³-hybridized carbons (Fsp3) is 0.500. The monoisotopic (exact) mass is 390 g/mol. The molecule has 0 aliphatic carbocycles. The summed E-state index contributed by atoms with van der Waals surface area (Å²) in [6, 6.07) is 1.09. The third-order valence-electron chi connectivity index (χ3n) is 4.38. The highest BCUT2D eigenvalue weighted by Gasteiger charge is 2.33. The molecule has 1 aliphatic rings. The summed E-state index contributed by atoms with van der Waals surface area (Å²) in [5, 5.41) is 9.11. The highest BCUT2D eigenvalue weighted by molar-refractivity contribution is 7.88. The Bertz CT molecular complexity index is 820. The van der Waals surface area contributed by atoms with E-state index in [0.29, 0.717) is 6.07 Å². The van der Waals surface area contributed by atoms with Gasteiger partial charge in [-0.15, -0.1) is 0 Å². The average Bonchev–Trinajstić information content (AvgIpc) is 2.54. The van der Waals surface area contributed by atoms with Gasteiger partial charge in [-0.1, -0.05) is 0 Å². The van der Waals surface area contributed by atoms with Crippen LogP contribution in [0.15, 0.2) is 12.1 Å². The minimum Gasteiger partial charge on any atom is -0.480 e. The lowest BCUT2D eigenvalue weighted by atomic mass is 10.0. The number of carboxylic acid groups (broad SMARTS) is 1. The molecule has 1 aromatic carbocycles. The number of carbonyl (C=O) groups excluding carboxylic acids is 1. The molecule has 1 aromatic rings. The molecule has 1 fully saturated rings. The average molecular weight is 390 g/mol. The lowest BCUT2D eigenvalue weighted by molar-refractivity contribution is -0.138. The van der Waals surface area contributed by atoms with Gasteiger partial charge in [-0.05, 0) is 31.4 Å². The van der Waals surface area contributed by atoms with E-state index < -0.39 is 51.7 Å². The Labute approximate surface area is 150 Å². The SMILES string of the molecule is Cc1cc(C(=O)N(CC(=O)O)C2CCN(S(C)(=O)=O)CC2)c(F)cc1F. The van der Waals surface area contributed by atoms with E-state index >= 15 is 0 Å². The van der Waals surface area contributed by atoms with E-state index in [9.17, 15) is 26.8 Å². The molecule has 26 heavy (non-hydrogen) atoms. The number of carbonyl (C=O) groups is 2. The Hall–Kier alpha value is -2.07. The maximum atomic E-state index is 14.0. The van der Waals surface area contributed by atoms with Crippen molar-refractivity contribution in [3.05, 3.63) is 34.9 Å². The van der Waals surface area contributed by atoms with Crippen LogP contribution >= 0.6 is 0 Å². The van der Waals surface area contributed by atoms with Gasteiger partial charge in [-0.25, -0.2) is 21.5 Å². The fourth-order valence-corrected chi connectivity index (χ4v) is 3.85. The Kier molecular flexibility index (Phi) is 5.97. The highest BCUT2D eigenvalue weighted by atomic mass is 32.2. The van der Waals surface area contributed by atoms with Crippen molar-refractivity contribution in [1.29, 1.82) is 0 Å². The lowest BCUT2D eigenvalue weighted by Gasteiger charge is -2.37. The van der Waals surface area contributed by atoms with Crippen molar-refractivity contribution in [2.75, 3.05) is 25.9 Å². The van der Waals surface area contributed by atoms with E-state index in [4.69, 9.17) is 5.11 Å². The summed E-state index contributed by atoms with van der Waals surface area (Å²) in [4.78, 5) is 24.9. The molecule has 0 spiro atoms. The number of aryl methyl sites for hydroxylation is 1. The van der Waals surface area contributed by atoms with Gasteiger partial charge in [-0.2, -0.15) is 0 Å². The predicted octanol–water partition coefficient (Wildman–Crippen LogP) is 1.22. The van der Waals surface area contributed by atoms with Gasteiger partial charge >= 0.3 is 5.97 Å². The summed E-state index contributed by atoms with van der Waals surface area (Å²) in [5.74, 6) is -4.00. The van der Waals surface area contributed by atoms with Gasteiger partial charge in [0, 0.05) is 25.2 Å². The molecule has 1 saturated heterocycles. The first-order chi connectivity index (χ1) is 12.0. The van der Waals surface area contributed by atoms with Gasteiger partial charge < -0.3 is 10.0 Å². The van der Waals surface area contributed by atoms with E-state index in [1.54, 1.807) is 0 Å². The molecule has 0 saturated carbocycles. The number of aliphatic carboxylic acids is 1. The molecule has 0 unspecified atom stereocenters. The van der Waals surface area contributed by atoms with Crippen LogP contribution in [0.2, 0.25) is 0 Å². The number of piperidine rings is 1. The summed E-state index contributed by atoms with van der Waals surface area (Å²) in [7, 11) is -3.38. The zero-order valence-corrected chi connectivity index (χ0v) is 15.2. The second-order valence-corrected chi connectivity index (χ2v) is 8.28. The van der Waals surface area contributed by atoms with Crippen LogP contribution in [0.1, 0.15) is 28.8 Å². The Morgan fingerprint density at radius 3 is 2.31 bits per heavy atom. The van der Waals surface area contributed by atoms with Crippen LogP contribution in [0.4, 0.5) is 8.78 Å². The van der Waals surface area contributed by atoms with Crippen LogP contribution in [0, 0.1) is 18.6 Å². The van der Waals surface area contributed by atoms with Crippen molar-refractivity contribution in [1.82, 2.24) is 9.21 Å². The first kappa shape index (κ1) is 20.2. The summed E-state index contributed by atoms with van der Waals surface area (Å²) in [6.45, 7) is 0.992. The lowest BCUT2D eigenvalue weighted by Crippen LogP contribution is -2.50. The summed E-state index contributed by atoms with van der Waals surface area (Å²) in [6.07, 6.45) is 1.53. The van der Waals surface area contributed by atoms with Gasteiger partial charge in [0.1, 0.15) is 18.2 Å². The number of nitrogens with zero attached hydrogens (tertiary/aromatic N) is 2. The minimum absolute atomic E-state index is 0.0666. The van der Waals surface area contributed by atoms with Crippen molar-refractivity contribution in [2.45, 2.75) is 25.8 Å². The van der Waals surface area contributed by atoms with E-state index in [-0.39, 0.29) is 31.5 Å². The molecule has 144 valence electrons. The van der Waals surface area contributed by atoms with Gasteiger partial charge in [0.2, 0.25) is 10.0 Å². The fourth-order valence-electron chi connectivity index (χ4n) is 2.97. The van der Waals surface area contributed by atoms with Crippen LogP contribution in [0.3, 0.4) is 0 Å². The van der Waals surface area contributed by atoms with Crippen LogP contribution in [-0.2, 0) is 14.8 Å². The first-order valence-corrected chi connectivity index (χ1v) is 9.79. The molecule has 0 radical (unpaired) electrons. The maximum Gasteiger partial charge on any atom is 0.323 e. The van der Waals surface area contributed by atoms with Gasteiger partial charge in [0.25, 0.3) is 5.91 Å². The molecule has 7 nitrogen and oxygen atoms in total. The zero-order valence-electron chi connectivity index (χ0n) is 14.4. The molecule has 1 amide bonds. The molecule has 0 atom stereocenters. The molecule has 1 heterocycles. The largest absolute Gasteiger partial charge is 0.480 e. The molecule has 1 N–H and O–H groups in total. The van der Waals surface area contributed by atoms with E-state index in [0.717, 1.165) is 17.2 Å². The molecular formula is C16H20F2N2O5S. The zero-order chi connectivity index (χ0) is 19.6. The quantitative estimate of drug-likeness (QED) is 0.816. The van der Waals surface area contributed by atoms with Crippen LogP contribution in [-0.4, -0.2) is 66.5 Å². The Morgan fingerprint density at radius 2 is 1.81 bits per heavy atom. The first-order valence-electron chi connectivity index (χ1n) is 7.94. The number of hydrogen-bond donors (Lipinski definition) is 1. The molecular weight excluding hydrogens is 370 g/mol. The van der Waals surface area contributed by atoms with Crippen molar-refractivity contribution in [2.24, 2.45) is 0 Å². The number of hydrogen-bond acceptors (Lipinski definition) is 4. The van der Waals surface area contributed by atoms with Crippen molar-refractivity contribution in [3.8, 4) is 0 Å². The van der Waals surface area contributed by atoms with Crippen molar-refractivity contribution >= 4 is 21.9 Å². The van der Waals surface area contributed by atoms with Crippen LogP contribution in [0.25, 0.3) is 0 Å². The standard InChI is InChI=1S/C16H20F2N2O5S/c1-10-7-12(14(18)8-13(10)17)16(23)20(9-15(21)22)11-3-5-19(6-4-11)26(2,24)25/h7-8,11H,3-6,9H2,1-2H3,(H,21,22). The number of halogens is 2. The van der Waals surface area contributed by atoms with Gasteiger partial charge in [0.05, 0.1) is 11.8 Å². The molecule has 1 aliphatic heterocycles. The maximum absolute atomic E-state index is 14.0. The highest BCUT2D eigenvalue weighted by Crippen LogP contribution is 2.23. The Balaban J connectivity index is 2.27. The van der Waals surface area contributed by atoms with Crippen molar-refractivity contribution in [3.63, 3.8) is 0 Å². The number of rotatable bonds is 5. The number of carboxylic acids is 1.